The predicted molar refractivity (Wildman–Crippen MR) is 91.4 cm³/mol. The highest BCUT2D eigenvalue weighted by Crippen LogP contribution is 2.24. The fourth-order valence-corrected chi connectivity index (χ4v) is 2.84. The van der Waals surface area contributed by atoms with Crippen molar-refractivity contribution in [3.8, 4) is 0 Å². The molecule has 0 aliphatic rings. The van der Waals surface area contributed by atoms with E-state index in [-0.39, 0.29) is 6.54 Å². The zero-order chi connectivity index (χ0) is 17.1. The molecule has 2 N–H and O–H groups in total. The monoisotopic (exact) mass is 367 g/mol. The van der Waals surface area contributed by atoms with Gasteiger partial charge in [-0.05, 0) is 23.8 Å². The van der Waals surface area contributed by atoms with Crippen molar-refractivity contribution in [2.24, 2.45) is 0 Å². The smallest absolute Gasteiger partial charge is 0.254 e. The summed E-state index contributed by atoms with van der Waals surface area (Å²) in [4.78, 5) is 8.40. The largest absolute Gasteiger partial charge is 0.387 e. The highest BCUT2D eigenvalue weighted by atomic mass is 35.5. The highest BCUT2D eigenvalue weighted by Gasteiger charge is 2.12. The Hall–Kier alpha value is -1.93. The van der Waals surface area contributed by atoms with Crippen molar-refractivity contribution in [2.75, 3.05) is 19.0 Å². The molecule has 0 saturated heterocycles. The molecule has 0 bridgehead atoms. The lowest BCUT2D eigenvalue weighted by Crippen LogP contribution is -2.15. The molecule has 0 saturated carbocycles. The van der Waals surface area contributed by atoms with Gasteiger partial charge in [0.05, 0.1) is 18.4 Å². The van der Waals surface area contributed by atoms with Gasteiger partial charge in [0.2, 0.25) is 0 Å². The van der Waals surface area contributed by atoms with Gasteiger partial charge in [0, 0.05) is 29.8 Å². The molecule has 1 atom stereocenters. The number of halogens is 2. The number of nitrogens with zero attached hydrogens (tertiary/aromatic N) is 4. The van der Waals surface area contributed by atoms with Crippen LogP contribution in [0.1, 0.15) is 17.4 Å². The SMILES string of the molecule is COCc1cc(NCC(O)c2cc(Cl)cc(Cl)c2)n2ncnc2n1. The van der Waals surface area contributed by atoms with Gasteiger partial charge in [-0.25, -0.2) is 4.98 Å². The summed E-state index contributed by atoms with van der Waals surface area (Å²) >= 11 is 11.9. The lowest BCUT2D eigenvalue weighted by atomic mass is 10.1. The average molecular weight is 368 g/mol. The molecule has 2 aromatic heterocycles. The number of methoxy groups -OCH3 is 1. The van der Waals surface area contributed by atoms with Crippen molar-refractivity contribution in [1.82, 2.24) is 19.6 Å². The van der Waals surface area contributed by atoms with Crippen molar-refractivity contribution in [3.05, 3.63) is 51.9 Å². The first-order chi connectivity index (χ1) is 11.6. The number of anilines is 1. The Morgan fingerprint density at radius 1 is 1.25 bits per heavy atom. The van der Waals surface area contributed by atoms with E-state index in [1.54, 1.807) is 35.9 Å². The molecule has 0 radical (unpaired) electrons. The minimum atomic E-state index is -0.793. The summed E-state index contributed by atoms with van der Waals surface area (Å²) in [5.41, 5.74) is 1.33. The first kappa shape index (κ1) is 16.9. The lowest BCUT2D eigenvalue weighted by Gasteiger charge is -2.15. The van der Waals surface area contributed by atoms with E-state index < -0.39 is 6.10 Å². The third-order valence-corrected chi connectivity index (χ3v) is 3.78. The van der Waals surface area contributed by atoms with Crippen LogP contribution in [-0.4, -0.2) is 38.3 Å². The average Bonchev–Trinajstić information content (AvgIpc) is 3.00. The van der Waals surface area contributed by atoms with Crippen molar-refractivity contribution in [2.45, 2.75) is 12.7 Å². The molecular formula is C15H15Cl2N5O2. The van der Waals surface area contributed by atoms with E-state index in [1.165, 1.54) is 6.33 Å². The van der Waals surface area contributed by atoms with Crippen molar-refractivity contribution >= 4 is 34.8 Å². The number of rotatable bonds is 6. The van der Waals surface area contributed by atoms with Crippen LogP contribution in [0.5, 0.6) is 0 Å². The first-order valence-electron chi connectivity index (χ1n) is 7.13. The minimum absolute atomic E-state index is 0.238. The summed E-state index contributed by atoms with van der Waals surface area (Å²) in [6.07, 6.45) is 0.621. The van der Waals surface area contributed by atoms with Gasteiger partial charge in [-0.3, -0.25) is 0 Å². The number of ether oxygens (including phenoxy) is 1. The summed E-state index contributed by atoms with van der Waals surface area (Å²) in [7, 11) is 1.59. The van der Waals surface area contributed by atoms with Gasteiger partial charge in [-0.15, -0.1) is 0 Å². The second-order valence-corrected chi connectivity index (χ2v) is 6.01. The highest BCUT2D eigenvalue weighted by molar-refractivity contribution is 6.34. The molecule has 0 aliphatic heterocycles. The number of benzene rings is 1. The van der Waals surface area contributed by atoms with Crippen LogP contribution in [0.4, 0.5) is 5.82 Å². The number of aliphatic hydroxyl groups excluding tert-OH is 1. The van der Waals surface area contributed by atoms with Crippen molar-refractivity contribution in [3.63, 3.8) is 0 Å². The number of aromatic nitrogens is 4. The maximum Gasteiger partial charge on any atom is 0.254 e. The summed E-state index contributed by atoms with van der Waals surface area (Å²) in [5, 5.41) is 18.6. The van der Waals surface area contributed by atoms with E-state index in [9.17, 15) is 5.11 Å². The third-order valence-electron chi connectivity index (χ3n) is 3.34. The van der Waals surface area contributed by atoms with Gasteiger partial charge in [-0.1, -0.05) is 23.2 Å². The number of fused-ring (bicyclic) bond motifs is 1. The van der Waals surface area contributed by atoms with Gasteiger partial charge >= 0.3 is 0 Å². The molecule has 0 spiro atoms. The Labute approximate surface area is 148 Å². The molecule has 3 aromatic rings. The number of hydrogen-bond acceptors (Lipinski definition) is 6. The molecule has 0 fully saturated rings. The normalized spacial score (nSPS) is 12.5. The van der Waals surface area contributed by atoms with Crippen LogP contribution < -0.4 is 5.32 Å². The molecule has 2 heterocycles. The van der Waals surface area contributed by atoms with E-state index in [0.717, 1.165) is 0 Å². The van der Waals surface area contributed by atoms with E-state index in [4.69, 9.17) is 27.9 Å². The number of hydrogen-bond donors (Lipinski definition) is 2. The van der Waals surface area contributed by atoms with Crippen LogP contribution in [0, 0.1) is 0 Å². The Morgan fingerprint density at radius 3 is 2.71 bits per heavy atom. The first-order valence-corrected chi connectivity index (χ1v) is 7.89. The second kappa shape index (κ2) is 7.31. The quantitative estimate of drug-likeness (QED) is 0.696. The Bertz CT molecular complexity index is 835. The Balaban J connectivity index is 1.80. The second-order valence-electron chi connectivity index (χ2n) is 5.14. The molecule has 1 unspecified atom stereocenters. The number of nitrogens with one attached hydrogen (secondary N) is 1. The summed E-state index contributed by atoms with van der Waals surface area (Å²) in [6, 6.07) is 6.76. The van der Waals surface area contributed by atoms with Crippen LogP contribution in [0.25, 0.3) is 5.78 Å². The maximum atomic E-state index is 10.4. The number of aliphatic hydroxyl groups is 1. The molecule has 7 nitrogen and oxygen atoms in total. The fraction of sp³-hybridized carbons (Fsp3) is 0.267. The summed E-state index contributed by atoms with van der Waals surface area (Å²) < 4.78 is 6.66. The van der Waals surface area contributed by atoms with E-state index in [0.29, 0.717) is 39.5 Å². The molecule has 0 amide bonds. The molecule has 1 aromatic carbocycles. The molecule has 24 heavy (non-hydrogen) atoms. The molecule has 0 aliphatic carbocycles. The fourth-order valence-electron chi connectivity index (χ4n) is 2.30. The van der Waals surface area contributed by atoms with Crippen LogP contribution in [0.15, 0.2) is 30.6 Å². The Morgan fingerprint density at radius 2 is 2.00 bits per heavy atom. The van der Waals surface area contributed by atoms with Crippen LogP contribution in [0.2, 0.25) is 10.0 Å². The zero-order valence-electron chi connectivity index (χ0n) is 12.8. The van der Waals surface area contributed by atoms with Gasteiger partial charge in [0.15, 0.2) is 0 Å². The zero-order valence-corrected chi connectivity index (χ0v) is 14.3. The van der Waals surface area contributed by atoms with Crippen molar-refractivity contribution in [1.29, 1.82) is 0 Å². The topological polar surface area (TPSA) is 84.6 Å². The van der Waals surface area contributed by atoms with Crippen LogP contribution in [-0.2, 0) is 11.3 Å². The summed E-state index contributed by atoms with van der Waals surface area (Å²) in [5.74, 6) is 1.10. The van der Waals surface area contributed by atoms with Gasteiger partial charge < -0.3 is 15.2 Å². The van der Waals surface area contributed by atoms with Gasteiger partial charge in [-0.2, -0.15) is 14.6 Å². The van der Waals surface area contributed by atoms with Gasteiger partial charge in [0.1, 0.15) is 12.1 Å². The molecule has 9 heteroatoms. The minimum Gasteiger partial charge on any atom is -0.387 e. The van der Waals surface area contributed by atoms with Crippen molar-refractivity contribution < 1.29 is 9.84 Å². The van der Waals surface area contributed by atoms with Crippen LogP contribution in [0.3, 0.4) is 0 Å². The molecular weight excluding hydrogens is 353 g/mol. The molecule has 126 valence electrons. The standard InChI is InChI=1S/C15H15Cl2N5O2/c1-24-7-12-5-14(22-15(21-12)19-8-20-22)18-6-13(23)9-2-10(16)4-11(17)3-9/h2-5,8,13,18,23H,6-7H2,1H3. The summed E-state index contributed by atoms with van der Waals surface area (Å²) in [6.45, 7) is 0.590. The predicted octanol–water partition coefficient (Wildman–Crippen LogP) is 2.72. The van der Waals surface area contributed by atoms with Crippen LogP contribution >= 0.6 is 23.2 Å². The lowest BCUT2D eigenvalue weighted by molar-refractivity contribution is 0.181. The van der Waals surface area contributed by atoms with E-state index in [1.807, 2.05) is 0 Å². The van der Waals surface area contributed by atoms with E-state index >= 15 is 0 Å². The van der Waals surface area contributed by atoms with E-state index in [2.05, 4.69) is 20.4 Å². The maximum absolute atomic E-state index is 10.4. The Kier molecular flexibility index (Phi) is 5.15. The van der Waals surface area contributed by atoms with Gasteiger partial charge in [0.25, 0.3) is 5.78 Å². The molecule has 3 rings (SSSR count). The third kappa shape index (κ3) is 3.76.